The molecule has 3 nitrogen and oxygen atoms in total. The fourth-order valence-electron chi connectivity index (χ4n) is 2.95. The van der Waals surface area contributed by atoms with E-state index in [1.54, 1.807) is 0 Å². The summed E-state index contributed by atoms with van der Waals surface area (Å²) in [6.45, 7) is 5.68. The summed E-state index contributed by atoms with van der Waals surface area (Å²) in [6.07, 6.45) is 12.1. The molecule has 1 aliphatic rings. The van der Waals surface area contributed by atoms with Gasteiger partial charge < -0.3 is 10.0 Å². The van der Waals surface area contributed by atoms with Gasteiger partial charge >= 0.3 is 5.97 Å². The van der Waals surface area contributed by atoms with Crippen molar-refractivity contribution in [2.75, 3.05) is 19.6 Å². The monoisotopic (exact) mass is 269 g/mol. The standard InChI is InChI=1S/C16H31NO2/c1-2-3-4-5-6-7-8-11-17-12-9-15(10-13-17)14-16(18)19/h15H,2-14H2,1H3,(H,18,19). The Morgan fingerprint density at radius 2 is 1.63 bits per heavy atom. The Morgan fingerprint density at radius 1 is 1.05 bits per heavy atom. The average molecular weight is 269 g/mol. The van der Waals surface area contributed by atoms with E-state index in [1.807, 2.05) is 0 Å². The molecule has 0 atom stereocenters. The molecule has 0 aromatic heterocycles. The summed E-state index contributed by atoms with van der Waals surface area (Å²) in [5.41, 5.74) is 0. The van der Waals surface area contributed by atoms with Crippen LogP contribution in [-0.2, 0) is 4.79 Å². The summed E-state index contributed by atoms with van der Waals surface area (Å²) in [5, 5.41) is 8.78. The van der Waals surface area contributed by atoms with Gasteiger partial charge in [0.2, 0.25) is 0 Å². The summed E-state index contributed by atoms with van der Waals surface area (Å²) in [4.78, 5) is 13.2. The van der Waals surface area contributed by atoms with Gasteiger partial charge in [0.1, 0.15) is 0 Å². The molecule has 0 saturated carbocycles. The van der Waals surface area contributed by atoms with Gasteiger partial charge in [-0.3, -0.25) is 4.79 Å². The Bertz CT molecular complexity index is 235. The summed E-state index contributed by atoms with van der Waals surface area (Å²) in [7, 11) is 0. The lowest BCUT2D eigenvalue weighted by Gasteiger charge is -2.31. The fraction of sp³-hybridized carbons (Fsp3) is 0.938. The lowest BCUT2D eigenvalue weighted by Crippen LogP contribution is -2.35. The smallest absolute Gasteiger partial charge is 0.303 e. The van der Waals surface area contributed by atoms with E-state index in [1.165, 1.54) is 51.5 Å². The van der Waals surface area contributed by atoms with Gasteiger partial charge in [-0.25, -0.2) is 0 Å². The number of aliphatic carboxylic acids is 1. The maximum Gasteiger partial charge on any atom is 0.303 e. The van der Waals surface area contributed by atoms with E-state index >= 15 is 0 Å². The molecule has 1 fully saturated rings. The highest BCUT2D eigenvalue weighted by Crippen LogP contribution is 2.20. The van der Waals surface area contributed by atoms with Crippen molar-refractivity contribution >= 4 is 5.97 Å². The van der Waals surface area contributed by atoms with Crippen LogP contribution in [0.3, 0.4) is 0 Å². The van der Waals surface area contributed by atoms with Crippen LogP contribution in [0.2, 0.25) is 0 Å². The zero-order chi connectivity index (χ0) is 13.9. The van der Waals surface area contributed by atoms with E-state index in [2.05, 4.69) is 11.8 Å². The lowest BCUT2D eigenvalue weighted by molar-refractivity contribution is -0.138. The van der Waals surface area contributed by atoms with Crippen molar-refractivity contribution in [1.82, 2.24) is 4.90 Å². The summed E-state index contributed by atoms with van der Waals surface area (Å²) in [5.74, 6) is -0.215. The van der Waals surface area contributed by atoms with Crippen molar-refractivity contribution in [2.24, 2.45) is 5.92 Å². The topological polar surface area (TPSA) is 40.5 Å². The van der Waals surface area contributed by atoms with Gasteiger partial charge in [0.15, 0.2) is 0 Å². The van der Waals surface area contributed by atoms with Gasteiger partial charge in [-0.05, 0) is 44.8 Å². The molecule has 1 aliphatic heterocycles. The third-order valence-corrected chi connectivity index (χ3v) is 4.25. The van der Waals surface area contributed by atoms with Crippen LogP contribution in [0.5, 0.6) is 0 Å². The number of nitrogens with zero attached hydrogens (tertiary/aromatic N) is 1. The third kappa shape index (κ3) is 8.25. The largest absolute Gasteiger partial charge is 0.481 e. The average Bonchev–Trinajstić information content (AvgIpc) is 2.39. The Labute approximate surface area is 118 Å². The van der Waals surface area contributed by atoms with Gasteiger partial charge in [-0.15, -0.1) is 0 Å². The van der Waals surface area contributed by atoms with Gasteiger partial charge in [0.05, 0.1) is 0 Å². The Hall–Kier alpha value is -0.570. The SMILES string of the molecule is CCCCCCCCCN1CCC(CC(=O)O)CC1. The molecule has 3 heteroatoms. The van der Waals surface area contributed by atoms with E-state index in [0.29, 0.717) is 12.3 Å². The molecule has 1 heterocycles. The summed E-state index contributed by atoms with van der Waals surface area (Å²) < 4.78 is 0. The number of carbonyl (C=O) groups is 1. The van der Waals surface area contributed by atoms with Crippen LogP contribution < -0.4 is 0 Å². The second kappa shape index (κ2) is 10.2. The van der Waals surface area contributed by atoms with E-state index in [0.717, 1.165) is 25.9 Å². The molecular weight excluding hydrogens is 238 g/mol. The van der Waals surface area contributed by atoms with Crippen LogP contribution in [-0.4, -0.2) is 35.6 Å². The molecule has 19 heavy (non-hydrogen) atoms. The number of hydrogen-bond acceptors (Lipinski definition) is 2. The predicted octanol–water partition coefficient (Wildman–Crippen LogP) is 3.92. The van der Waals surface area contributed by atoms with E-state index in [4.69, 9.17) is 5.11 Å². The molecule has 0 unspecified atom stereocenters. The van der Waals surface area contributed by atoms with Crippen LogP contribution in [0.4, 0.5) is 0 Å². The Kier molecular flexibility index (Phi) is 8.89. The molecular formula is C16H31NO2. The normalized spacial score (nSPS) is 17.7. The van der Waals surface area contributed by atoms with Gasteiger partial charge in [0, 0.05) is 6.42 Å². The Morgan fingerprint density at radius 3 is 2.21 bits per heavy atom. The van der Waals surface area contributed by atoms with Crippen molar-refractivity contribution in [2.45, 2.75) is 71.1 Å². The number of piperidine rings is 1. The number of carboxylic acids is 1. The molecule has 112 valence electrons. The van der Waals surface area contributed by atoms with Crippen molar-refractivity contribution in [3.05, 3.63) is 0 Å². The summed E-state index contributed by atoms with van der Waals surface area (Å²) >= 11 is 0. The molecule has 0 amide bonds. The van der Waals surface area contributed by atoms with Gasteiger partial charge in [0.25, 0.3) is 0 Å². The predicted molar refractivity (Wildman–Crippen MR) is 79.4 cm³/mol. The molecule has 0 aliphatic carbocycles. The van der Waals surface area contributed by atoms with Crippen LogP contribution in [0, 0.1) is 5.92 Å². The zero-order valence-corrected chi connectivity index (χ0v) is 12.6. The summed E-state index contributed by atoms with van der Waals surface area (Å²) in [6, 6.07) is 0. The number of likely N-dealkylation sites (tertiary alicyclic amines) is 1. The minimum absolute atomic E-state index is 0.366. The first-order valence-corrected chi connectivity index (χ1v) is 8.16. The quantitative estimate of drug-likeness (QED) is 0.611. The molecule has 0 aromatic rings. The molecule has 0 radical (unpaired) electrons. The minimum atomic E-state index is -0.634. The van der Waals surface area contributed by atoms with Crippen LogP contribution in [0.15, 0.2) is 0 Å². The molecule has 1 rings (SSSR count). The third-order valence-electron chi connectivity index (χ3n) is 4.25. The highest BCUT2D eigenvalue weighted by atomic mass is 16.4. The number of rotatable bonds is 10. The fourth-order valence-corrected chi connectivity index (χ4v) is 2.95. The van der Waals surface area contributed by atoms with Crippen LogP contribution >= 0.6 is 0 Å². The minimum Gasteiger partial charge on any atom is -0.481 e. The van der Waals surface area contributed by atoms with Crippen LogP contribution in [0.1, 0.15) is 71.1 Å². The number of unbranched alkanes of at least 4 members (excludes halogenated alkanes) is 6. The van der Waals surface area contributed by atoms with Crippen molar-refractivity contribution in [3.8, 4) is 0 Å². The molecule has 1 N–H and O–H groups in total. The van der Waals surface area contributed by atoms with Gasteiger partial charge in [-0.1, -0.05) is 45.4 Å². The maximum atomic E-state index is 10.7. The maximum absolute atomic E-state index is 10.7. The number of hydrogen-bond donors (Lipinski definition) is 1. The Balaban J connectivity index is 1.93. The molecule has 0 aromatic carbocycles. The van der Waals surface area contributed by atoms with Crippen molar-refractivity contribution in [3.63, 3.8) is 0 Å². The van der Waals surface area contributed by atoms with Crippen LogP contribution in [0.25, 0.3) is 0 Å². The van der Waals surface area contributed by atoms with E-state index < -0.39 is 5.97 Å². The second-order valence-electron chi connectivity index (χ2n) is 6.00. The lowest BCUT2D eigenvalue weighted by atomic mass is 9.93. The number of carboxylic acid groups (broad SMARTS) is 1. The first-order valence-electron chi connectivity index (χ1n) is 8.16. The first-order chi connectivity index (χ1) is 9.22. The highest BCUT2D eigenvalue weighted by molar-refractivity contribution is 5.67. The second-order valence-corrected chi connectivity index (χ2v) is 6.00. The highest BCUT2D eigenvalue weighted by Gasteiger charge is 2.20. The molecule has 1 saturated heterocycles. The van der Waals surface area contributed by atoms with Crippen molar-refractivity contribution < 1.29 is 9.90 Å². The molecule has 0 bridgehead atoms. The first kappa shape index (κ1) is 16.5. The van der Waals surface area contributed by atoms with E-state index in [-0.39, 0.29) is 0 Å². The zero-order valence-electron chi connectivity index (χ0n) is 12.6. The van der Waals surface area contributed by atoms with Gasteiger partial charge in [-0.2, -0.15) is 0 Å². The van der Waals surface area contributed by atoms with E-state index in [9.17, 15) is 4.79 Å². The van der Waals surface area contributed by atoms with Crippen molar-refractivity contribution in [1.29, 1.82) is 0 Å². The molecule has 0 spiro atoms.